The third-order valence-corrected chi connectivity index (χ3v) is 2.87. The van der Waals surface area contributed by atoms with Gasteiger partial charge in [-0.2, -0.15) is 11.8 Å². The van der Waals surface area contributed by atoms with Crippen molar-refractivity contribution in [2.24, 2.45) is 0 Å². The number of thioether (sulfide) groups is 1. The molecular weight excluding hydrogens is 216 g/mol. The maximum atomic E-state index is 11.1. The predicted molar refractivity (Wildman–Crippen MR) is 59.8 cm³/mol. The van der Waals surface area contributed by atoms with Gasteiger partial charge in [0, 0.05) is 11.0 Å². The van der Waals surface area contributed by atoms with Crippen LogP contribution in [0.5, 0.6) is 0 Å². The highest BCUT2D eigenvalue weighted by atomic mass is 32.2. The quantitative estimate of drug-likeness (QED) is 0.627. The summed E-state index contributed by atoms with van der Waals surface area (Å²) in [5.41, 5.74) is 0. The number of hydrogen-bond acceptors (Lipinski definition) is 5. The van der Waals surface area contributed by atoms with Crippen LogP contribution in [-0.2, 0) is 19.1 Å². The Morgan fingerprint density at radius 2 is 2.00 bits per heavy atom. The molecule has 0 fully saturated rings. The van der Waals surface area contributed by atoms with E-state index in [2.05, 4.69) is 4.74 Å². The number of rotatable bonds is 7. The van der Waals surface area contributed by atoms with Gasteiger partial charge in [-0.05, 0) is 6.92 Å². The van der Waals surface area contributed by atoms with Crippen molar-refractivity contribution in [2.45, 2.75) is 31.9 Å². The van der Waals surface area contributed by atoms with E-state index in [4.69, 9.17) is 4.74 Å². The molecule has 0 aliphatic heterocycles. The number of methoxy groups -OCH3 is 1. The van der Waals surface area contributed by atoms with E-state index >= 15 is 0 Å². The second-order valence-electron chi connectivity index (χ2n) is 3.02. The van der Waals surface area contributed by atoms with Crippen LogP contribution in [0.4, 0.5) is 0 Å². The minimum Gasteiger partial charge on any atom is -0.469 e. The molecule has 1 atom stereocenters. The summed E-state index contributed by atoms with van der Waals surface area (Å²) in [6.07, 6.45) is 0.772. The zero-order valence-electron chi connectivity index (χ0n) is 9.45. The Kier molecular flexibility index (Phi) is 8.18. The topological polar surface area (TPSA) is 52.6 Å². The molecule has 0 aromatic rings. The van der Waals surface area contributed by atoms with Crippen molar-refractivity contribution in [1.29, 1.82) is 0 Å². The summed E-state index contributed by atoms with van der Waals surface area (Å²) >= 11 is 1.57. The molecule has 0 rings (SSSR count). The smallest absolute Gasteiger partial charge is 0.306 e. The third-order valence-electron chi connectivity index (χ3n) is 1.70. The first-order valence-electron chi connectivity index (χ1n) is 4.94. The van der Waals surface area contributed by atoms with Gasteiger partial charge in [0.2, 0.25) is 0 Å². The average Bonchev–Trinajstić information content (AvgIpc) is 2.17. The van der Waals surface area contributed by atoms with Crippen molar-refractivity contribution in [2.75, 3.05) is 19.5 Å². The van der Waals surface area contributed by atoms with Gasteiger partial charge in [-0.15, -0.1) is 0 Å². The Morgan fingerprint density at radius 1 is 1.33 bits per heavy atom. The first-order valence-corrected chi connectivity index (χ1v) is 5.99. The van der Waals surface area contributed by atoms with Crippen LogP contribution in [0, 0.1) is 0 Å². The molecule has 0 saturated carbocycles. The van der Waals surface area contributed by atoms with E-state index in [1.165, 1.54) is 7.11 Å². The Labute approximate surface area is 94.7 Å². The highest BCUT2D eigenvalue weighted by Crippen LogP contribution is 2.15. The van der Waals surface area contributed by atoms with Crippen molar-refractivity contribution in [3.63, 3.8) is 0 Å². The number of hydrogen-bond donors (Lipinski definition) is 0. The van der Waals surface area contributed by atoms with Crippen molar-refractivity contribution in [3.05, 3.63) is 0 Å². The molecule has 5 heteroatoms. The van der Waals surface area contributed by atoms with E-state index < -0.39 is 0 Å². The fourth-order valence-electron chi connectivity index (χ4n) is 0.959. The summed E-state index contributed by atoms with van der Waals surface area (Å²) in [4.78, 5) is 21.9. The standard InChI is InChI=1S/C10H18O4S/c1-4-14-10(12)7-8(2)15-6-5-9(11)13-3/h8H,4-7H2,1-3H3. The number of esters is 2. The maximum absolute atomic E-state index is 11.1. The molecule has 4 nitrogen and oxygen atoms in total. The first kappa shape index (κ1) is 14.3. The predicted octanol–water partition coefficient (Wildman–Crippen LogP) is 1.62. The summed E-state index contributed by atoms with van der Waals surface area (Å²) in [6, 6.07) is 0. The van der Waals surface area contributed by atoms with Crippen LogP contribution in [0.2, 0.25) is 0 Å². The van der Waals surface area contributed by atoms with Gasteiger partial charge in [0.25, 0.3) is 0 Å². The molecule has 0 aromatic carbocycles. The Hall–Kier alpha value is -0.710. The molecule has 0 spiro atoms. The van der Waals surface area contributed by atoms with E-state index in [9.17, 15) is 9.59 Å². The van der Waals surface area contributed by atoms with Gasteiger partial charge in [-0.3, -0.25) is 9.59 Å². The molecule has 0 aliphatic rings. The lowest BCUT2D eigenvalue weighted by Gasteiger charge is -2.09. The maximum Gasteiger partial charge on any atom is 0.306 e. The zero-order chi connectivity index (χ0) is 11.7. The first-order chi connectivity index (χ1) is 7.10. The SMILES string of the molecule is CCOC(=O)CC(C)SCCC(=O)OC. The normalized spacial score (nSPS) is 11.9. The molecule has 0 saturated heterocycles. The molecular formula is C10H18O4S. The Morgan fingerprint density at radius 3 is 2.53 bits per heavy atom. The van der Waals surface area contributed by atoms with Gasteiger partial charge < -0.3 is 9.47 Å². The van der Waals surface area contributed by atoms with Gasteiger partial charge >= 0.3 is 11.9 Å². The van der Waals surface area contributed by atoms with Gasteiger partial charge in [0.1, 0.15) is 0 Å². The van der Waals surface area contributed by atoms with Crippen LogP contribution in [0.1, 0.15) is 26.7 Å². The van der Waals surface area contributed by atoms with E-state index in [0.717, 1.165) is 0 Å². The molecule has 0 aliphatic carbocycles. The molecule has 15 heavy (non-hydrogen) atoms. The summed E-state index contributed by atoms with van der Waals surface area (Å²) in [5.74, 6) is 0.272. The van der Waals surface area contributed by atoms with Crippen LogP contribution in [0.25, 0.3) is 0 Å². The largest absolute Gasteiger partial charge is 0.469 e. The molecule has 0 aromatic heterocycles. The molecule has 1 unspecified atom stereocenters. The van der Waals surface area contributed by atoms with Crippen molar-refractivity contribution in [3.8, 4) is 0 Å². The lowest BCUT2D eigenvalue weighted by atomic mass is 10.3. The lowest BCUT2D eigenvalue weighted by molar-refractivity contribution is -0.143. The summed E-state index contributed by atoms with van der Waals surface area (Å²) in [6.45, 7) is 4.14. The Bertz CT molecular complexity index is 206. The molecule has 0 N–H and O–H groups in total. The monoisotopic (exact) mass is 234 g/mol. The molecule has 0 radical (unpaired) electrons. The minimum atomic E-state index is -0.217. The number of carbonyl (C=O) groups excluding carboxylic acids is 2. The van der Waals surface area contributed by atoms with E-state index in [1.807, 2.05) is 6.92 Å². The highest BCUT2D eigenvalue weighted by Gasteiger charge is 2.10. The second-order valence-corrected chi connectivity index (χ2v) is 4.56. The van der Waals surface area contributed by atoms with Gasteiger partial charge in [-0.25, -0.2) is 0 Å². The molecule has 88 valence electrons. The van der Waals surface area contributed by atoms with E-state index in [0.29, 0.717) is 25.2 Å². The molecule has 0 heterocycles. The van der Waals surface area contributed by atoms with E-state index in [-0.39, 0.29) is 17.2 Å². The summed E-state index contributed by atoms with van der Waals surface area (Å²) < 4.78 is 9.33. The van der Waals surface area contributed by atoms with Crippen LogP contribution in [0.15, 0.2) is 0 Å². The van der Waals surface area contributed by atoms with Gasteiger partial charge in [0.05, 0.1) is 26.6 Å². The van der Waals surface area contributed by atoms with Crippen LogP contribution in [-0.4, -0.2) is 36.7 Å². The summed E-state index contributed by atoms with van der Waals surface area (Å²) in [7, 11) is 1.37. The molecule has 0 amide bonds. The lowest BCUT2D eigenvalue weighted by Crippen LogP contribution is -2.11. The highest BCUT2D eigenvalue weighted by molar-refractivity contribution is 7.99. The molecule has 0 bridgehead atoms. The van der Waals surface area contributed by atoms with Gasteiger partial charge in [-0.1, -0.05) is 6.92 Å². The zero-order valence-corrected chi connectivity index (χ0v) is 10.3. The second kappa shape index (κ2) is 8.59. The number of ether oxygens (including phenoxy) is 2. The van der Waals surface area contributed by atoms with Gasteiger partial charge in [0.15, 0.2) is 0 Å². The minimum absolute atomic E-state index is 0.175. The van der Waals surface area contributed by atoms with Crippen molar-refractivity contribution >= 4 is 23.7 Å². The Balaban J connectivity index is 3.52. The number of carbonyl (C=O) groups is 2. The van der Waals surface area contributed by atoms with Crippen molar-refractivity contribution in [1.82, 2.24) is 0 Å². The summed E-state index contributed by atoms with van der Waals surface area (Å²) in [5, 5.41) is 0.175. The average molecular weight is 234 g/mol. The van der Waals surface area contributed by atoms with Crippen LogP contribution < -0.4 is 0 Å². The van der Waals surface area contributed by atoms with Crippen molar-refractivity contribution < 1.29 is 19.1 Å². The fourth-order valence-corrected chi connectivity index (χ4v) is 1.90. The van der Waals surface area contributed by atoms with Crippen LogP contribution >= 0.6 is 11.8 Å². The third kappa shape index (κ3) is 8.30. The van der Waals surface area contributed by atoms with E-state index in [1.54, 1.807) is 18.7 Å². The van der Waals surface area contributed by atoms with Crippen LogP contribution in [0.3, 0.4) is 0 Å². The fraction of sp³-hybridized carbons (Fsp3) is 0.800.